The summed E-state index contributed by atoms with van der Waals surface area (Å²) in [5.74, 6) is -0.00215. The van der Waals surface area contributed by atoms with Crippen LogP contribution in [0.4, 0.5) is 4.79 Å². The second kappa shape index (κ2) is 7.88. The Bertz CT molecular complexity index is 765. The highest BCUT2D eigenvalue weighted by Gasteiger charge is 2.42. The molecule has 2 aliphatic rings. The number of rotatable bonds is 4. The average Bonchev–Trinajstić information content (AvgIpc) is 2.51. The molecule has 0 spiro atoms. The van der Waals surface area contributed by atoms with Gasteiger partial charge in [0.1, 0.15) is 11.9 Å². The Kier molecular flexibility index (Phi) is 5.84. The monoisotopic (exact) mass is 402 g/mol. The van der Waals surface area contributed by atoms with Crippen molar-refractivity contribution in [2.75, 3.05) is 13.1 Å². The van der Waals surface area contributed by atoms with Gasteiger partial charge >= 0.3 is 6.09 Å². The van der Waals surface area contributed by atoms with Crippen molar-refractivity contribution < 1.29 is 19.4 Å². The molecule has 0 bridgehead atoms. The highest BCUT2D eigenvalue weighted by molar-refractivity contribution is 5.82. The molecule has 1 heterocycles. The van der Waals surface area contributed by atoms with E-state index in [-0.39, 0.29) is 40.6 Å². The van der Waals surface area contributed by atoms with Crippen LogP contribution in [0.2, 0.25) is 0 Å². The van der Waals surface area contributed by atoms with Gasteiger partial charge in [0.2, 0.25) is 5.91 Å². The smallest absolute Gasteiger partial charge is 0.410 e. The number of hydrogen-bond acceptors (Lipinski definition) is 4. The number of hydrogen-bond donors (Lipinski definition) is 2. The minimum absolute atomic E-state index is 0.0558. The highest BCUT2D eigenvalue weighted by Crippen LogP contribution is 2.46. The minimum Gasteiger partial charge on any atom is -0.508 e. The number of amides is 2. The van der Waals surface area contributed by atoms with Crippen LogP contribution in [0.1, 0.15) is 58.1 Å². The van der Waals surface area contributed by atoms with Crippen molar-refractivity contribution in [3.8, 4) is 5.75 Å². The first-order valence-corrected chi connectivity index (χ1v) is 10.5. The van der Waals surface area contributed by atoms with Crippen LogP contribution in [-0.2, 0) is 16.1 Å². The molecule has 6 nitrogen and oxygen atoms in total. The second-order valence-electron chi connectivity index (χ2n) is 10.4. The van der Waals surface area contributed by atoms with Crippen molar-refractivity contribution in [3.05, 3.63) is 29.3 Å². The molecule has 2 fully saturated rings. The zero-order chi connectivity index (χ0) is 21.4. The van der Waals surface area contributed by atoms with Gasteiger partial charge in [0.25, 0.3) is 0 Å². The van der Waals surface area contributed by atoms with Crippen molar-refractivity contribution in [1.82, 2.24) is 10.2 Å². The number of ether oxygens (including phenoxy) is 1. The van der Waals surface area contributed by atoms with Gasteiger partial charge < -0.3 is 20.1 Å². The number of aromatic hydroxyl groups is 1. The summed E-state index contributed by atoms with van der Waals surface area (Å²) >= 11 is 0. The van der Waals surface area contributed by atoms with E-state index in [4.69, 9.17) is 4.74 Å². The average molecular weight is 403 g/mol. The Morgan fingerprint density at radius 3 is 2.38 bits per heavy atom. The summed E-state index contributed by atoms with van der Waals surface area (Å²) in [7, 11) is 0. The number of carbonyl (C=O) groups excluding carboxylic acids is 2. The fourth-order valence-electron chi connectivity index (χ4n) is 5.00. The summed E-state index contributed by atoms with van der Waals surface area (Å²) in [6.45, 7) is 12.0. The maximum atomic E-state index is 12.5. The van der Waals surface area contributed by atoms with E-state index < -0.39 is 0 Å². The van der Waals surface area contributed by atoms with Crippen LogP contribution >= 0.6 is 0 Å². The number of nitrogens with zero attached hydrogens (tertiary/aromatic N) is 1. The molecular formula is C23H34N2O4. The van der Waals surface area contributed by atoms with E-state index in [0.717, 1.165) is 30.4 Å². The van der Waals surface area contributed by atoms with E-state index >= 15 is 0 Å². The maximum absolute atomic E-state index is 12.5. The highest BCUT2D eigenvalue weighted by atomic mass is 16.6. The molecule has 6 heteroatoms. The number of likely N-dealkylation sites (tertiary alicyclic amines) is 1. The number of benzene rings is 1. The molecule has 29 heavy (non-hydrogen) atoms. The molecule has 1 aliphatic carbocycles. The molecule has 2 amide bonds. The molecular weight excluding hydrogens is 368 g/mol. The van der Waals surface area contributed by atoms with Crippen molar-refractivity contribution in [2.45, 2.75) is 66.5 Å². The lowest BCUT2D eigenvalue weighted by Crippen LogP contribution is -2.56. The molecule has 2 N–H and O–H groups in total. The van der Waals surface area contributed by atoms with E-state index in [1.807, 2.05) is 13.0 Å². The van der Waals surface area contributed by atoms with E-state index in [1.165, 1.54) is 0 Å². The van der Waals surface area contributed by atoms with E-state index in [0.29, 0.717) is 19.6 Å². The van der Waals surface area contributed by atoms with Gasteiger partial charge in [0, 0.05) is 19.6 Å². The van der Waals surface area contributed by atoms with Crippen LogP contribution < -0.4 is 5.32 Å². The predicted molar refractivity (Wildman–Crippen MR) is 111 cm³/mol. The Balaban J connectivity index is 1.43. The van der Waals surface area contributed by atoms with Crippen molar-refractivity contribution >= 4 is 12.0 Å². The van der Waals surface area contributed by atoms with Crippen LogP contribution in [0.25, 0.3) is 0 Å². The molecule has 0 radical (unpaired) electrons. The van der Waals surface area contributed by atoms with Gasteiger partial charge in [0.05, 0.1) is 5.92 Å². The quantitative estimate of drug-likeness (QED) is 0.798. The molecule has 1 aromatic carbocycles. The lowest BCUT2D eigenvalue weighted by Gasteiger charge is -2.45. The van der Waals surface area contributed by atoms with Crippen molar-refractivity contribution in [3.63, 3.8) is 0 Å². The summed E-state index contributed by atoms with van der Waals surface area (Å²) in [5.41, 5.74) is 2.04. The van der Waals surface area contributed by atoms with Crippen LogP contribution in [0, 0.1) is 23.7 Å². The van der Waals surface area contributed by atoms with Gasteiger partial charge in [-0.05, 0) is 54.2 Å². The van der Waals surface area contributed by atoms with Gasteiger partial charge in [0.15, 0.2) is 0 Å². The largest absolute Gasteiger partial charge is 0.508 e. The van der Waals surface area contributed by atoms with Gasteiger partial charge in [-0.2, -0.15) is 0 Å². The number of nitrogens with one attached hydrogen (secondary N) is 1. The molecule has 0 atom stereocenters. The van der Waals surface area contributed by atoms with Crippen LogP contribution in [0.5, 0.6) is 5.75 Å². The maximum Gasteiger partial charge on any atom is 0.410 e. The second-order valence-corrected chi connectivity index (χ2v) is 10.4. The zero-order valence-corrected chi connectivity index (χ0v) is 18.2. The Labute approximate surface area is 173 Å². The van der Waals surface area contributed by atoms with Gasteiger partial charge in [-0.25, -0.2) is 4.79 Å². The molecule has 160 valence electrons. The van der Waals surface area contributed by atoms with Crippen LogP contribution in [0.3, 0.4) is 0 Å². The third-order valence-corrected chi connectivity index (χ3v) is 6.02. The molecule has 1 saturated carbocycles. The number of phenols is 1. The molecule has 3 rings (SSSR count). The molecule has 1 aromatic rings. The van der Waals surface area contributed by atoms with Crippen molar-refractivity contribution in [1.29, 1.82) is 0 Å². The number of phenolic OH excluding ortho intramolecular Hbond substituents is 1. The lowest BCUT2D eigenvalue weighted by molar-refractivity contribution is -0.129. The minimum atomic E-state index is -0.304. The molecule has 1 saturated heterocycles. The van der Waals surface area contributed by atoms with E-state index in [1.54, 1.807) is 17.0 Å². The van der Waals surface area contributed by atoms with Crippen LogP contribution in [-0.4, -0.2) is 41.2 Å². The third kappa shape index (κ3) is 5.43. The SMILES string of the molecule is Cc1cc(CNC(=O)C2CN(C(=O)OC3CC(C)(C)CC(C)(C)C3)C2)ccc1O. The zero-order valence-electron chi connectivity index (χ0n) is 18.2. The van der Waals surface area contributed by atoms with Gasteiger partial charge in [-0.15, -0.1) is 0 Å². The summed E-state index contributed by atoms with van der Waals surface area (Å²) in [6.07, 6.45) is 2.52. The molecule has 0 aromatic heterocycles. The van der Waals surface area contributed by atoms with Gasteiger partial charge in [-0.3, -0.25) is 4.79 Å². The standard InChI is InChI=1S/C23H34N2O4/c1-15-8-16(6-7-19(15)26)11-24-20(27)17-12-25(13-17)21(28)29-18-9-22(2,3)14-23(4,5)10-18/h6-8,17-18,26H,9-14H2,1-5H3,(H,24,27). The normalized spacial score (nSPS) is 21.3. The van der Waals surface area contributed by atoms with Crippen LogP contribution in [0.15, 0.2) is 18.2 Å². The fraction of sp³-hybridized carbons (Fsp3) is 0.652. The molecule has 0 unspecified atom stereocenters. The summed E-state index contributed by atoms with van der Waals surface area (Å²) < 4.78 is 5.78. The predicted octanol–water partition coefficient (Wildman–Crippen LogP) is 3.99. The fourth-order valence-corrected chi connectivity index (χ4v) is 5.00. The number of aryl methyl sites for hydroxylation is 1. The lowest BCUT2D eigenvalue weighted by atomic mass is 9.64. The van der Waals surface area contributed by atoms with Crippen molar-refractivity contribution in [2.24, 2.45) is 16.7 Å². The van der Waals surface area contributed by atoms with E-state index in [9.17, 15) is 14.7 Å². The summed E-state index contributed by atoms with van der Waals surface area (Å²) in [5, 5.41) is 12.5. The Morgan fingerprint density at radius 1 is 1.17 bits per heavy atom. The Hall–Kier alpha value is -2.24. The summed E-state index contributed by atoms with van der Waals surface area (Å²) in [4.78, 5) is 26.4. The Morgan fingerprint density at radius 2 is 1.79 bits per heavy atom. The first kappa shape index (κ1) is 21.5. The first-order valence-electron chi connectivity index (χ1n) is 10.5. The topological polar surface area (TPSA) is 78.9 Å². The third-order valence-electron chi connectivity index (χ3n) is 6.02. The first-order chi connectivity index (χ1) is 13.4. The summed E-state index contributed by atoms with van der Waals surface area (Å²) in [6, 6.07) is 5.28. The molecule has 1 aliphatic heterocycles. The van der Waals surface area contributed by atoms with E-state index in [2.05, 4.69) is 33.0 Å². The number of carbonyl (C=O) groups is 2. The van der Waals surface area contributed by atoms with Gasteiger partial charge in [-0.1, -0.05) is 39.8 Å².